The lowest BCUT2D eigenvalue weighted by Gasteiger charge is -2.48. The van der Waals surface area contributed by atoms with Crippen molar-refractivity contribution >= 4 is 51.9 Å². The molecular formula is C35H25BN2O3. The number of hydrogen-bond donors (Lipinski definition) is 0. The van der Waals surface area contributed by atoms with Crippen molar-refractivity contribution in [1.82, 2.24) is 9.97 Å². The molecular weight excluding hydrogens is 507 g/mol. The number of ketones is 1. The first-order valence-electron chi connectivity index (χ1n) is 13.9. The van der Waals surface area contributed by atoms with E-state index >= 15 is 0 Å². The first kappa shape index (κ1) is 24.1. The molecule has 2 atom stereocenters. The molecule has 2 aliphatic rings. The fraction of sp³-hybridized carbons (Fsp3) is 0.171. The Bertz CT molecular complexity index is 2050. The number of hydrogen-bond acceptors (Lipinski definition) is 5. The number of aromatic nitrogens is 2. The van der Waals surface area contributed by atoms with E-state index < -0.39 is 5.60 Å². The zero-order valence-corrected chi connectivity index (χ0v) is 22.7. The topological polar surface area (TPSA) is 61.3 Å². The van der Waals surface area contributed by atoms with E-state index in [1.54, 1.807) is 0 Å². The van der Waals surface area contributed by atoms with Crippen LogP contribution in [0.4, 0.5) is 0 Å². The minimum atomic E-state index is -0.504. The monoisotopic (exact) mass is 532 g/mol. The largest absolute Gasteiger partial charge is 0.493 e. The number of carbonyl (C=O) groups is 1. The second kappa shape index (κ2) is 8.65. The fourth-order valence-corrected chi connectivity index (χ4v) is 6.60. The van der Waals surface area contributed by atoms with Gasteiger partial charge in [-0.15, -0.1) is 0 Å². The third-order valence-corrected chi connectivity index (χ3v) is 8.65. The minimum absolute atomic E-state index is 0.0251. The summed E-state index contributed by atoms with van der Waals surface area (Å²) in [6, 6.07) is 28.9. The Kier molecular flexibility index (Phi) is 5.09. The highest BCUT2D eigenvalue weighted by molar-refractivity contribution is 6.32. The van der Waals surface area contributed by atoms with E-state index in [1.165, 1.54) is 0 Å². The lowest BCUT2D eigenvalue weighted by Crippen LogP contribution is -2.49. The summed E-state index contributed by atoms with van der Waals surface area (Å²) >= 11 is 0. The van der Waals surface area contributed by atoms with Crippen molar-refractivity contribution in [2.75, 3.05) is 6.61 Å². The molecule has 41 heavy (non-hydrogen) atoms. The number of carbonyl (C=O) groups excluding carboxylic acids is 1. The molecule has 0 N–H and O–H groups in total. The summed E-state index contributed by atoms with van der Waals surface area (Å²) in [5.74, 6) is 1.56. The molecule has 0 amide bonds. The molecule has 0 fully saturated rings. The summed E-state index contributed by atoms with van der Waals surface area (Å²) in [7, 11) is 6.32. The summed E-state index contributed by atoms with van der Waals surface area (Å²) in [6.07, 6.45) is 0. The van der Waals surface area contributed by atoms with Gasteiger partial charge in [-0.2, -0.15) is 0 Å². The zero-order valence-electron chi connectivity index (χ0n) is 22.7. The Morgan fingerprint density at radius 2 is 1.59 bits per heavy atom. The number of rotatable bonds is 2. The molecule has 2 aliphatic heterocycles. The number of ether oxygens (including phenoxy) is 2. The van der Waals surface area contributed by atoms with Crippen LogP contribution in [0.15, 0.2) is 91.0 Å². The summed E-state index contributed by atoms with van der Waals surface area (Å²) in [4.78, 5) is 23.7. The highest BCUT2D eigenvalue weighted by Gasteiger charge is 2.49. The standard InChI is InChI=1S/C35H25BN2O3/c1-35(2)25-18-40-28-15-13-21(36)17-24(28)29(25)30-32-31(22-10-6-7-11-23(22)34(30)41-35)37-26-14-12-20(16-27(26)38-32)33(39)19-8-4-3-5-9-19/h3-17,25,29H,18H2,1-2H3/t25-,29+/m0/s1. The average molecular weight is 532 g/mol. The number of benzene rings is 5. The van der Waals surface area contributed by atoms with Crippen LogP contribution in [0, 0.1) is 5.92 Å². The predicted octanol–water partition coefficient (Wildman–Crippen LogP) is 6.27. The van der Waals surface area contributed by atoms with Crippen molar-refractivity contribution in [1.29, 1.82) is 0 Å². The maximum atomic E-state index is 13.3. The molecule has 6 heteroatoms. The van der Waals surface area contributed by atoms with Crippen LogP contribution < -0.4 is 14.9 Å². The van der Waals surface area contributed by atoms with Crippen molar-refractivity contribution in [3.8, 4) is 11.5 Å². The molecule has 0 saturated heterocycles. The molecule has 2 radical (unpaired) electrons. The van der Waals surface area contributed by atoms with Gasteiger partial charge in [0.05, 0.1) is 28.7 Å². The molecule has 8 rings (SSSR count). The SMILES string of the molecule is [B]c1ccc2c(c1)[C@H]1c3c(c4ccccc4c4nc5ccc(C(=O)c6ccccc6)cc5nc34)OC(C)(C)[C@H]1CO2. The summed E-state index contributed by atoms with van der Waals surface area (Å²) < 4.78 is 13.1. The van der Waals surface area contributed by atoms with Crippen molar-refractivity contribution in [2.45, 2.75) is 25.4 Å². The van der Waals surface area contributed by atoms with Crippen LogP contribution in [0.1, 0.15) is 46.8 Å². The van der Waals surface area contributed by atoms with Gasteiger partial charge in [0, 0.05) is 44.9 Å². The molecule has 0 unspecified atom stereocenters. The number of fused-ring (bicyclic) bond motifs is 11. The summed E-state index contributed by atoms with van der Waals surface area (Å²) in [6.45, 7) is 4.76. The van der Waals surface area contributed by atoms with Gasteiger partial charge in [0.25, 0.3) is 0 Å². The molecule has 5 aromatic carbocycles. The van der Waals surface area contributed by atoms with Crippen LogP contribution in [0.25, 0.3) is 32.8 Å². The molecule has 0 bridgehead atoms. The van der Waals surface area contributed by atoms with Crippen LogP contribution in [0.3, 0.4) is 0 Å². The van der Waals surface area contributed by atoms with Gasteiger partial charge < -0.3 is 9.47 Å². The van der Waals surface area contributed by atoms with Gasteiger partial charge in [-0.3, -0.25) is 4.79 Å². The summed E-state index contributed by atoms with van der Waals surface area (Å²) in [5, 5.41) is 1.98. The Labute approximate surface area is 238 Å². The third-order valence-electron chi connectivity index (χ3n) is 8.65. The van der Waals surface area contributed by atoms with Crippen LogP contribution in [0.2, 0.25) is 0 Å². The van der Waals surface area contributed by atoms with Gasteiger partial charge >= 0.3 is 0 Å². The predicted molar refractivity (Wildman–Crippen MR) is 162 cm³/mol. The second-order valence-corrected chi connectivity index (χ2v) is 11.5. The van der Waals surface area contributed by atoms with Crippen LogP contribution in [0.5, 0.6) is 11.5 Å². The quantitative estimate of drug-likeness (QED) is 0.114. The van der Waals surface area contributed by atoms with Crippen LogP contribution in [-0.4, -0.2) is 35.8 Å². The lowest BCUT2D eigenvalue weighted by molar-refractivity contribution is -0.0118. The van der Waals surface area contributed by atoms with Crippen molar-refractivity contribution < 1.29 is 14.3 Å². The molecule has 3 heterocycles. The van der Waals surface area contributed by atoms with E-state index in [4.69, 9.17) is 27.3 Å². The highest BCUT2D eigenvalue weighted by Crippen LogP contribution is 2.56. The van der Waals surface area contributed by atoms with E-state index in [2.05, 4.69) is 26.0 Å². The summed E-state index contributed by atoms with van der Waals surface area (Å²) in [5.41, 5.74) is 6.41. The van der Waals surface area contributed by atoms with Gasteiger partial charge in [0.1, 0.15) is 24.9 Å². The van der Waals surface area contributed by atoms with E-state index in [0.29, 0.717) is 28.7 Å². The first-order chi connectivity index (χ1) is 19.9. The minimum Gasteiger partial charge on any atom is -0.493 e. The van der Waals surface area contributed by atoms with Gasteiger partial charge in [-0.25, -0.2) is 9.97 Å². The normalized spacial score (nSPS) is 18.7. The molecule has 0 spiro atoms. The Morgan fingerprint density at radius 1 is 0.829 bits per heavy atom. The lowest BCUT2D eigenvalue weighted by atomic mass is 9.68. The molecule has 6 aromatic rings. The maximum Gasteiger partial charge on any atom is 0.193 e. The zero-order chi connectivity index (χ0) is 27.9. The molecule has 1 aromatic heterocycles. The Balaban J connectivity index is 1.45. The first-order valence-corrected chi connectivity index (χ1v) is 13.9. The van der Waals surface area contributed by atoms with Gasteiger partial charge in [-0.1, -0.05) is 72.2 Å². The maximum absolute atomic E-state index is 13.3. The second-order valence-electron chi connectivity index (χ2n) is 11.5. The molecule has 5 nitrogen and oxygen atoms in total. The van der Waals surface area contributed by atoms with Gasteiger partial charge in [0.2, 0.25) is 0 Å². The van der Waals surface area contributed by atoms with E-state index in [9.17, 15) is 4.79 Å². The molecule has 196 valence electrons. The van der Waals surface area contributed by atoms with Crippen molar-refractivity contribution in [3.63, 3.8) is 0 Å². The fourth-order valence-electron chi connectivity index (χ4n) is 6.60. The third kappa shape index (κ3) is 3.60. The highest BCUT2D eigenvalue weighted by atomic mass is 16.5. The smallest absolute Gasteiger partial charge is 0.193 e. The van der Waals surface area contributed by atoms with E-state index in [1.807, 2.05) is 78.9 Å². The van der Waals surface area contributed by atoms with Crippen molar-refractivity contribution in [3.05, 3.63) is 113 Å². The van der Waals surface area contributed by atoms with Gasteiger partial charge in [0.15, 0.2) is 5.78 Å². The Morgan fingerprint density at radius 3 is 2.41 bits per heavy atom. The average Bonchev–Trinajstić information content (AvgIpc) is 2.99. The van der Waals surface area contributed by atoms with Gasteiger partial charge in [-0.05, 0) is 38.1 Å². The Hall–Kier alpha value is -4.71. The number of nitrogens with zero attached hydrogens (tertiary/aromatic N) is 2. The van der Waals surface area contributed by atoms with Crippen LogP contribution >= 0.6 is 0 Å². The van der Waals surface area contributed by atoms with Crippen molar-refractivity contribution in [2.24, 2.45) is 5.92 Å². The van der Waals surface area contributed by atoms with E-state index in [-0.39, 0.29) is 17.6 Å². The molecule has 0 saturated carbocycles. The molecule has 0 aliphatic carbocycles. The van der Waals surface area contributed by atoms with E-state index in [0.717, 1.165) is 49.9 Å². The van der Waals surface area contributed by atoms with Crippen LogP contribution in [-0.2, 0) is 0 Å².